The summed E-state index contributed by atoms with van der Waals surface area (Å²) >= 11 is 3.14. The molecule has 0 aliphatic carbocycles. The molecular weight excluding hydrogens is 364 g/mol. The quantitative estimate of drug-likeness (QED) is 0.615. The van der Waals surface area contributed by atoms with E-state index in [1.54, 1.807) is 11.3 Å². The van der Waals surface area contributed by atoms with Gasteiger partial charge in [-0.05, 0) is 49.4 Å². The second kappa shape index (κ2) is 8.51. The van der Waals surface area contributed by atoms with Crippen molar-refractivity contribution in [3.8, 4) is 0 Å². The summed E-state index contributed by atoms with van der Waals surface area (Å²) in [5, 5.41) is 14.4. The molecule has 0 fully saturated rings. The van der Waals surface area contributed by atoms with Gasteiger partial charge < -0.3 is 9.88 Å². The Morgan fingerprint density at radius 2 is 2.08 bits per heavy atom. The Morgan fingerprint density at radius 3 is 2.81 bits per heavy atom. The molecule has 2 aromatic heterocycles. The lowest BCUT2D eigenvalue weighted by atomic mass is 10.1. The van der Waals surface area contributed by atoms with Crippen LogP contribution in [0.3, 0.4) is 0 Å². The van der Waals surface area contributed by atoms with Gasteiger partial charge in [0.2, 0.25) is 5.91 Å². The van der Waals surface area contributed by atoms with Crippen LogP contribution in [0, 0.1) is 13.8 Å². The molecule has 136 valence electrons. The van der Waals surface area contributed by atoms with Crippen molar-refractivity contribution in [1.82, 2.24) is 14.8 Å². The van der Waals surface area contributed by atoms with Gasteiger partial charge in [-0.25, -0.2) is 0 Å². The Bertz CT molecular complexity index is 887. The lowest BCUT2D eigenvalue weighted by Crippen LogP contribution is -2.15. The zero-order valence-corrected chi connectivity index (χ0v) is 16.8. The van der Waals surface area contributed by atoms with Crippen molar-refractivity contribution in [1.29, 1.82) is 0 Å². The molecule has 0 spiro atoms. The summed E-state index contributed by atoms with van der Waals surface area (Å²) in [6.07, 6.45) is 0.772. The zero-order chi connectivity index (χ0) is 18.5. The third-order valence-electron chi connectivity index (χ3n) is 4.23. The first-order chi connectivity index (χ1) is 12.6. The van der Waals surface area contributed by atoms with E-state index in [2.05, 4.69) is 38.5 Å². The lowest BCUT2D eigenvalue weighted by Gasteiger charge is -2.10. The third kappa shape index (κ3) is 4.34. The summed E-state index contributed by atoms with van der Waals surface area (Å²) in [5.41, 5.74) is 3.13. The summed E-state index contributed by atoms with van der Waals surface area (Å²) in [5.74, 6) is 1.21. The van der Waals surface area contributed by atoms with Gasteiger partial charge in [-0.15, -0.1) is 21.5 Å². The smallest absolute Gasteiger partial charge is 0.234 e. The number of thiophene rings is 1. The SMILES string of the molecule is CCn1c(Cc2cccs2)nnc1SCC(=O)Nc1cccc(C)c1C. The minimum Gasteiger partial charge on any atom is -0.325 e. The van der Waals surface area contributed by atoms with Gasteiger partial charge in [0.1, 0.15) is 5.82 Å². The van der Waals surface area contributed by atoms with Gasteiger partial charge in [0.05, 0.1) is 5.75 Å². The molecule has 3 aromatic rings. The van der Waals surface area contributed by atoms with Crippen molar-refractivity contribution >= 4 is 34.7 Å². The topological polar surface area (TPSA) is 59.8 Å². The van der Waals surface area contributed by atoms with Crippen molar-refractivity contribution in [3.63, 3.8) is 0 Å². The molecule has 2 heterocycles. The number of carbonyl (C=O) groups excluding carboxylic acids is 1. The molecule has 1 amide bonds. The first-order valence-corrected chi connectivity index (χ1v) is 10.4. The van der Waals surface area contributed by atoms with Crippen molar-refractivity contribution in [2.24, 2.45) is 0 Å². The minimum atomic E-state index is -0.0332. The van der Waals surface area contributed by atoms with Crippen LogP contribution in [0.15, 0.2) is 40.9 Å². The second-order valence-corrected chi connectivity index (χ2v) is 7.96. The maximum atomic E-state index is 12.3. The molecule has 0 bridgehead atoms. The van der Waals surface area contributed by atoms with Crippen LogP contribution in [-0.2, 0) is 17.8 Å². The molecule has 0 saturated carbocycles. The minimum absolute atomic E-state index is 0.0332. The van der Waals surface area contributed by atoms with Gasteiger partial charge >= 0.3 is 0 Å². The highest BCUT2D eigenvalue weighted by Gasteiger charge is 2.14. The van der Waals surface area contributed by atoms with E-state index < -0.39 is 0 Å². The number of nitrogens with one attached hydrogen (secondary N) is 1. The van der Waals surface area contributed by atoms with Crippen molar-refractivity contribution in [3.05, 3.63) is 57.5 Å². The number of aromatic nitrogens is 3. The molecule has 0 saturated heterocycles. The molecule has 0 aliphatic heterocycles. The van der Waals surface area contributed by atoms with E-state index in [0.29, 0.717) is 5.75 Å². The average molecular weight is 387 g/mol. The molecule has 0 radical (unpaired) electrons. The van der Waals surface area contributed by atoms with Crippen LogP contribution in [-0.4, -0.2) is 26.4 Å². The molecule has 0 atom stereocenters. The number of anilines is 1. The van der Waals surface area contributed by atoms with Gasteiger partial charge in [0.15, 0.2) is 5.16 Å². The molecule has 5 nitrogen and oxygen atoms in total. The molecule has 1 aromatic carbocycles. The lowest BCUT2D eigenvalue weighted by molar-refractivity contribution is -0.113. The Morgan fingerprint density at radius 1 is 1.23 bits per heavy atom. The normalized spacial score (nSPS) is 10.9. The highest BCUT2D eigenvalue weighted by atomic mass is 32.2. The summed E-state index contributed by atoms with van der Waals surface area (Å²) in [6, 6.07) is 10.1. The predicted octanol–water partition coefficient (Wildman–Crippen LogP) is 4.30. The van der Waals surface area contributed by atoms with Crippen LogP contribution in [0.2, 0.25) is 0 Å². The molecule has 26 heavy (non-hydrogen) atoms. The van der Waals surface area contributed by atoms with Crippen LogP contribution in [0.5, 0.6) is 0 Å². The van der Waals surface area contributed by atoms with Crippen LogP contribution < -0.4 is 5.32 Å². The summed E-state index contributed by atoms with van der Waals surface area (Å²) in [4.78, 5) is 13.6. The number of rotatable bonds is 7. The first kappa shape index (κ1) is 18.7. The van der Waals surface area contributed by atoms with Crippen molar-refractivity contribution < 1.29 is 4.79 Å². The maximum absolute atomic E-state index is 12.3. The van der Waals surface area contributed by atoms with E-state index in [1.165, 1.54) is 22.2 Å². The fourth-order valence-electron chi connectivity index (χ4n) is 2.65. The summed E-state index contributed by atoms with van der Waals surface area (Å²) < 4.78 is 2.08. The largest absolute Gasteiger partial charge is 0.325 e. The van der Waals surface area contributed by atoms with E-state index >= 15 is 0 Å². The van der Waals surface area contributed by atoms with Crippen LogP contribution in [0.25, 0.3) is 0 Å². The third-order valence-corrected chi connectivity index (χ3v) is 6.08. The van der Waals surface area contributed by atoms with Crippen LogP contribution in [0.4, 0.5) is 5.69 Å². The number of carbonyl (C=O) groups is 1. The molecule has 0 aliphatic rings. The Balaban J connectivity index is 1.63. The summed E-state index contributed by atoms with van der Waals surface area (Å²) in [7, 11) is 0. The van der Waals surface area contributed by atoms with E-state index in [4.69, 9.17) is 0 Å². The van der Waals surface area contributed by atoms with E-state index in [9.17, 15) is 4.79 Å². The molecule has 7 heteroatoms. The fraction of sp³-hybridized carbons (Fsp3) is 0.316. The van der Waals surface area contributed by atoms with Gasteiger partial charge in [-0.2, -0.15) is 0 Å². The number of amides is 1. The van der Waals surface area contributed by atoms with Crippen LogP contribution in [0.1, 0.15) is 28.8 Å². The molecule has 0 unspecified atom stereocenters. The van der Waals surface area contributed by atoms with E-state index in [1.807, 2.05) is 38.1 Å². The number of aryl methyl sites for hydroxylation is 1. The van der Waals surface area contributed by atoms with Gasteiger partial charge in [-0.3, -0.25) is 4.79 Å². The molecular formula is C19H22N4OS2. The van der Waals surface area contributed by atoms with Gasteiger partial charge in [0, 0.05) is 23.5 Å². The zero-order valence-electron chi connectivity index (χ0n) is 15.2. The number of nitrogens with zero attached hydrogens (tertiary/aromatic N) is 3. The Hall–Kier alpha value is -2.12. The molecule has 3 rings (SSSR count). The predicted molar refractivity (Wildman–Crippen MR) is 108 cm³/mol. The highest BCUT2D eigenvalue weighted by molar-refractivity contribution is 7.99. The second-order valence-electron chi connectivity index (χ2n) is 5.98. The monoisotopic (exact) mass is 386 g/mol. The van der Waals surface area contributed by atoms with E-state index in [0.717, 1.165) is 35.2 Å². The van der Waals surface area contributed by atoms with E-state index in [-0.39, 0.29) is 5.91 Å². The highest BCUT2D eigenvalue weighted by Crippen LogP contribution is 2.22. The molecule has 1 N–H and O–H groups in total. The standard InChI is InChI=1S/C19H22N4OS2/c1-4-23-17(11-15-8-6-10-25-15)21-22-19(23)26-12-18(24)20-16-9-5-7-13(2)14(16)3/h5-10H,4,11-12H2,1-3H3,(H,20,24). The Kier molecular flexibility index (Phi) is 6.11. The average Bonchev–Trinajstić information content (AvgIpc) is 3.27. The van der Waals surface area contributed by atoms with Gasteiger partial charge in [-0.1, -0.05) is 30.0 Å². The Labute approximate surface area is 161 Å². The number of hydrogen-bond acceptors (Lipinski definition) is 5. The van der Waals surface area contributed by atoms with Crippen LogP contribution >= 0.6 is 23.1 Å². The maximum Gasteiger partial charge on any atom is 0.234 e. The number of thioether (sulfide) groups is 1. The van der Waals surface area contributed by atoms with Crippen molar-refractivity contribution in [2.75, 3.05) is 11.1 Å². The summed E-state index contributed by atoms with van der Waals surface area (Å²) in [6.45, 7) is 6.91. The first-order valence-electron chi connectivity index (χ1n) is 8.51. The van der Waals surface area contributed by atoms with Crippen molar-refractivity contribution in [2.45, 2.75) is 38.9 Å². The fourth-order valence-corrected chi connectivity index (χ4v) is 4.17. The number of hydrogen-bond donors (Lipinski definition) is 1. The van der Waals surface area contributed by atoms with Gasteiger partial charge in [0.25, 0.3) is 0 Å². The number of benzene rings is 1.